The van der Waals surface area contributed by atoms with Crippen LogP contribution in [-0.2, 0) is 13.0 Å². The second-order valence-electron chi connectivity index (χ2n) is 5.01. The maximum absolute atomic E-state index is 8.92. The van der Waals surface area contributed by atoms with Gasteiger partial charge in [0.05, 0.1) is 5.52 Å². The normalized spacial score (nSPS) is 10.7. The van der Waals surface area contributed by atoms with Gasteiger partial charge in [-0.05, 0) is 41.8 Å². The van der Waals surface area contributed by atoms with Crippen LogP contribution in [0.4, 0.5) is 5.69 Å². The number of benzene rings is 2. The zero-order valence-electron chi connectivity index (χ0n) is 11.8. The average Bonchev–Trinajstić information content (AvgIpc) is 2.54. The molecular formula is C18H18N2O. The molecule has 0 saturated carbocycles. The van der Waals surface area contributed by atoms with Crippen LogP contribution in [0.25, 0.3) is 10.9 Å². The van der Waals surface area contributed by atoms with Crippen molar-refractivity contribution in [3.8, 4) is 0 Å². The number of hydrogen-bond donors (Lipinski definition) is 2. The van der Waals surface area contributed by atoms with Crippen molar-refractivity contribution < 1.29 is 5.11 Å². The summed E-state index contributed by atoms with van der Waals surface area (Å²) in [5.74, 6) is 0. The Hall–Kier alpha value is -2.39. The van der Waals surface area contributed by atoms with Crippen molar-refractivity contribution in [3.63, 3.8) is 0 Å². The van der Waals surface area contributed by atoms with Gasteiger partial charge in [-0.25, -0.2) is 0 Å². The molecule has 3 nitrogen and oxygen atoms in total. The van der Waals surface area contributed by atoms with E-state index in [0.717, 1.165) is 23.3 Å². The van der Waals surface area contributed by atoms with Crippen LogP contribution in [0.2, 0.25) is 0 Å². The number of hydrogen-bond acceptors (Lipinski definition) is 3. The molecule has 2 N–H and O–H groups in total. The molecule has 0 fully saturated rings. The van der Waals surface area contributed by atoms with Gasteiger partial charge in [0.15, 0.2) is 0 Å². The molecule has 0 unspecified atom stereocenters. The molecule has 2 aromatic carbocycles. The van der Waals surface area contributed by atoms with Crippen LogP contribution in [0, 0.1) is 0 Å². The Morgan fingerprint density at radius 3 is 2.57 bits per heavy atom. The maximum atomic E-state index is 8.92. The smallest absolute Gasteiger partial charge is 0.0705 e. The zero-order valence-corrected chi connectivity index (χ0v) is 11.8. The van der Waals surface area contributed by atoms with E-state index in [1.54, 1.807) is 0 Å². The maximum Gasteiger partial charge on any atom is 0.0705 e. The highest BCUT2D eigenvalue weighted by Crippen LogP contribution is 2.18. The lowest BCUT2D eigenvalue weighted by Crippen LogP contribution is -2.01. The van der Waals surface area contributed by atoms with Crippen molar-refractivity contribution in [2.45, 2.75) is 13.0 Å². The minimum atomic E-state index is 0.190. The van der Waals surface area contributed by atoms with Gasteiger partial charge in [-0.2, -0.15) is 0 Å². The van der Waals surface area contributed by atoms with Crippen LogP contribution >= 0.6 is 0 Å². The van der Waals surface area contributed by atoms with E-state index in [-0.39, 0.29) is 6.61 Å². The number of aliphatic hydroxyl groups is 1. The molecule has 0 aliphatic rings. The summed E-state index contributed by atoms with van der Waals surface area (Å²) < 4.78 is 0. The Labute approximate surface area is 124 Å². The van der Waals surface area contributed by atoms with E-state index in [1.165, 1.54) is 10.9 Å². The van der Waals surface area contributed by atoms with Gasteiger partial charge >= 0.3 is 0 Å². The molecule has 106 valence electrons. The Morgan fingerprint density at radius 2 is 1.76 bits per heavy atom. The molecule has 1 heterocycles. The molecule has 21 heavy (non-hydrogen) atoms. The van der Waals surface area contributed by atoms with Crippen molar-refractivity contribution >= 4 is 16.6 Å². The summed E-state index contributed by atoms with van der Waals surface area (Å²) in [7, 11) is 0. The van der Waals surface area contributed by atoms with Crippen molar-refractivity contribution in [1.82, 2.24) is 4.98 Å². The van der Waals surface area contributed by atoms with E-state index < -0.39 is 0 Å². The number of nitrogens with one attached hydrogen (secondary N) is 1. The van der Waals surface area contributed by atoms with Gasteiger partial charge in [-0.15, -0.1) is 0 Å². The number of fused-ring (bicyclic) bond motifs is 1. The van der Waals surface area contributed by atoms with Gasteiger partial charge in [-0.1, -0.05) is 30.3 Å². The van der Waals surface area contributed by atoms with E-state index in [4.69, 9.17) is 5.11 Å². The van der Waals surface area contributed by atoms with Crippen molar-refractivity contribution in [2.24, 2.45) is 0 Å². The highest BCUT2D eigenvalue weighted by Gasteiger charge is 2.01. The highest BCUT2D eigenvalue weighted by atomic mass is 16.2. The first-order valence-electron chi connectivity index (χ1n) is 7.13. The van der Waals surface area contributed by atoms with Gasteiger partial charge in [0, 0.05) is 30.4 Å². The Bertz CT molecular complexity index is 717. The SMILES string of the molecule is OCCc1ccc(NCc2ccnc3ccccc23)cc1. The number of anilines is 1. The third-order valence-electron chi connectivity index (χ3n) is 3.58. The van der Waals surface area contributed by atoms with Crippen LogP contribution in [0.3, 0.4) is 0 Å². The molecule has 3 rings (SSSR count). The lowest BCUT2D eigenvalue weighted by molar-refractivity contribution is 0.299. The predicted molar refractivity (Wildman–Crippen MR) is 86.3 cm³/mol. The Morgan fingerprint density at radius 1 is 0.952 bits per heavy atom. The van der Waals surface area contributed by atoms with Crippen LogP contribution < -0.4 is 5.32 Å². The summed E-state index contributed by atoms with van der Waals surface area (Å²) in [6.45, 7) is 0.957. The highest BCUT2D eigenvalue weighted by molar-refractivity contribution is 5.82. The van der Waals surface area contributed by atoms with Gasteiger partial charge < -0.3 is 10.4 Å². The lowest BCUT2D eigenvalue weighted by atomic mass is 10.1. The standard InChI is InChI=1S/C18H18N2O/c21-12-10-14-5-7-16(8-6-14)20-13-15-9-11-19-18-4-2-1-3-17(15)18/h1-9,11,20-21H,10,12-13H2. The molecule has 0 spiro atoms. The van der Waals surface area contributed by atoms with Gasteiger partial charge in [0.25, 0.3) is 0 Å². The van der Waals surface area contributed by atoms with E-state index in [9.17, 15) is 0 Å². The summed E-state index contributed by atoms with van der Waals surface area (Å²) >= 11 is 0. The van der Waals surface area contributed by atoms with E-state index in [2.05, 4.69) is 22.4 Å². The quantitative estimate of drug-likeness (QED) is 0.752. The largest absolute Gasteiger partial charge is 0.396 e. The Balaban J connectivity index is 1.74. The number of aromatic nitrogens is 1. The van der Waals surface area contributed by atoms with Gasteiger partial charge in [0.1, 0.15) is 0 Å². The lowest BCUT2D eigenvalue weighted by Gasteiger charge is -2.09. The van der Waals surface area contributed by atoms with E-state index in [1.807, 2.05) is 48.7 Å². The molecular weight excluding hydrogens is 260 g/mol. The summed E-state index contributed by atoms with van der Waals surface area (Å²) in [5.41, 5.74) is 4.49. The predicted octanol–water partition coefficient (Wildman–Crippen LogP) is 3.38. The topological polar surface area (TPSA) is 45.1 Å². The third kappa shape index (κ3) is 3.20. The minimum absolute atomic E-state index is 0.190. The Kier molecular flexibility index (Phi) is 4.12. The number of pyridine rings is 1. The molecule has 0 aliphatic carbocycles. The minimum Gasteiger partial charge on any atom is -0.396 e. The number of rotatable bonds is 5. The summed E-state index contributed by atoms with van der Waals surface area (Å²) in [6, 6.07) is 18.4. The average molecular weight is 278 g/mol. The first-order valence-corrected chi connectivity index (χ1v) is 7.13. The fourth-order valence-electron chi connectivity index (χ4n) is 2.42. The molecule has 0 bridgehead atoms. The molecule has 0 aliphatic heterocycles. The van der Waals surface area contributed by atoms with Gasteiger partial charge in [-0.3, -0.25) is 4.98 Å². The fraction of sp³-hybridized carbons (Fsp3) is 0.167. The third-order valence-corrected chi connectivity index (χ3v) is 3.58. The van der Waals surface area contributed by atoms with Crippen LogP contribution in [0.5, 0.6) is 0 Å². The zero-order chi connectivity index (χ0) is 14.5. The summed E-state index contributed by atoms with van der Waals surface area (Å²) in [6.07, 6.45) is 2.55. The van der Waals surface area contributed by atoms with E-state index in [0.29, 0.717) is 6.42 Å². The first kappa shape index (κ1) is 13.6. The molecule has 3 aromatic rings. The molecule has 0 amide bonds. The number of aliphatic hydroxyl groups excluding tert-OH is 1. The molecule has 0 radical (unpaired) electrons. The fourth-order valence-corrected chi connectivity index (χ4v) is 2.42. The molecule has 1 aromatic heterocycles. The van der Waals surface area contributed by atoms with E-state index >= 15 is 0 Å². The molecule has 0 atom stereocenters. The van der Waals surface area contributed by atoms with Crippen molar-refractivity contribution in [3.05, 3.63) is 71.9 Å². The molecule has 3 heteroatoms. The summed E-state index contributed by atoms with van der Waals surface area (Å²) in [4.78, 5) is 4.38. The first-order chi connectivity index (χ1) is 10.4. The van der Waals surface area contributed by atoms with Crippen LogP contribution in [-0.4, -0.2) is 16.7 Å². The van der Waals surface area contributed by atoms with Crippen LogP contribution in [0.15, 0.2) is 60.8 Å². The summed E-state index contributed by atoms with van der Waals surface area (Å²) in [5, 5.41) is 13.5. The van der Waals surface area contributed by atoms with Gasteiger partial charge in [0.2, 0.25) is 0 Å². The van der Waals surface area contributed by atoms with Crippen molar-refractivity contribution in [2.75, 3.05) is 11.9 Å². The second kappa shape index (κ2) is 6.37. The number of nitrogens with zero attached hydrogens (tertiary/aromatic N) is 1. The number of para-hydroxylation sites is 1. The van der Waals surface area contributed by atoms with Crippen molar-refractivity contribution in [1.29, 1.82) is 0 Å². The second-order valence-corrected chi connectivity index (χ2v) is 5.01. The van der Waals surface area contributed by atoms with Crippen LogP contribution in [0.1, 0.15) is 11.1 Å². The molecule has 0 saturated heterocycles. The monoisotopic (exact) mass is 278 g/mol.